The van der Waals surface area contributed by atoms with Crippen LogP contribution in [0.15, 0.2) is 66.9 Å². The molecule has 0 unspecified atom stereocenters. The minimum atomic E-state index is -0.0939. The van der Waals surface area contributed by atoms with Crippen molar-refractivity contribution in [2.75, 3.05) is 0 Å². The molecule has 0 aliphatic carbocycles. The number of ketones is 1. The molecule has 120 valence electrons. The van der Waals surface area contributed by atoms with Crippen LogP contribution in [0.3, 0.4) is 0 Å². The molecule has 3 aromatic rings. The van der Waals surface area contributed by atoms with Crippen LogP contribution in [0.2, 0.25) is 15.1 Å². The zero-order valence-electron chi connectivity index (χ0n) is 12.4. The van der Waals surface area contributed by atoms with Gasteiger partial charge in [-0.05, 0) is 66.7 Å². The third kappa shape index (κ3) is 3.90. The van der Waals surface area contributed by atoms with Gasteiger partial charge in [-0.1, -0.05) is 34.8 Å². The maximum Gasteiger partial charge on any atom is 0.185 e. The Morgan fingerprint density at radius 2 is 1.54 bits per heavy atom. The molecule has 0 saturated carbocycles. The number of nitrogens with zero attached hydrogens (tertiary/aromatic N) is 1. The largest absolute Gasteiger partial charge is 0.317 e. The Labute approximate surface area is 154 Å². The van der Waals surface area contributed by atoms with Crippen molar-refractivity contribution < 1.29 is 4.79 Å². The van der Waals surface area contributed by atoms with Crippen molar-refractivity contribution in [1.82, 2.24) is 4.57 Å². The third-order valence-electron chi connectivity index (χ3n) is 3.44. The Morgan fingerprint density at radius 3 is 2.21 bits per heavy atom. The molecule has 0 saturated heterocycles. The van der Waals surface area contributed by atoms with Crippen LogP contribution in [-0.2, 0) is 0 Å². The number of allylic oxidation sites excluding steroid dienone is 1. The lowest BCUT2D eigenvalue weighted by molar-refractivity contribution is 0.104. The van der Waals surface area contributed by atoms with Crippen LogP contribution in [0.25, 0.3) is 11.8 Å². The van der Waals surface area contributed by atoms with Crippen molar-refractivity contribution >= 4 is 46.7 Å². The van der Waals surface area contributed by atoms with Gasteiger partial charge in [0.1, 0.15) is 0 Å². The maximum atomic E-state index is 12.2. The molecule has 0 aliphatic heterocycles. The van der Waals surface area contributed by atoms with Crippen molar-refractivity contribution in [3.05, 3.63) is 93.2 Å². The second-order valence-corrected chi connectivity index (χ2v) is 6.44. The number of aromatic nitrogens is 1. The number of halogens is 3. The van der Waals surface area contributed by atoms with Gasteiger partial charge in [0, 0.05) is 38.2 Å². The Morgan fingerprint density at radius 1 is 0.875 bits per heavy atom. The summed E-state index contributed by atoms with van der Waals surface area (Å²) in [7, 11) is 0. The van der Waals surface area contributed by atoms with Gasteiger partial charge in [-0.25, -0.2) is 0 Å². The minimum Gasteiger partial charge on any atom is -0.317 e. The first-order valence-electron chi connectivity index (χ1n) is 7.15. The first-order valence-corrected chi connectivity index (χ1v) is 8.28. The smallest absolute Gasteiger partial charge is 0.185 e. The summed E-state index contributed by atoms with van der Waals surface area (Å²) in [6.45, 7) is 0. The van der Waals surface area contributed by atoms with E-state index in [0.29, 0.717) is 20.6 Å². The SMILES string of the molecule is O=C(/C=C\c1cccn1-c1cc(Cl)cc(Cl)c1)c1ccc(Cl)cc1. The standard InChI is InChI=1S/C19H12Cl3NO/c20-14-5-3-13(4-6-14)19(24)8-7-17-2-1-9-23(17)18-11-15(21)10-16(22)12-18/h1-12H/b8-7-. The molecule has 5 heteroatoms. The zero-order valence-corrected chi connectivity index (χ0v) is 14.7. The van der Waals surface area contributed by atoms with E-state index in [1.165, 1.54) is 6.08 Å². The molecule has 0 amide bonds. The molecule has 0 radical (unpaired) electrons. The number of hydrogen-bond donors (Lipinski definition) is 0. The predicted octanol–water partition coefficient (Wildman–Crippen LogP) is 6.33. The van der Waals surface area contributed by atoms with Gasteiger partial charge in [-0.3, -0.25) is 4.79 Å². The van der Waals surface area contributed by atoms with Crippen LogP contribution in [0.5, 0.6) is 0 Å². The molecule has 3 rings (SSSR count). The van der Waals surface area contributed by atoms with E-state index in [2.05, 4.69) is 0 Å². The molecule has 24 heavy (non-hydrogen) atoms. The summed E-state index contributed by atoms with van der Waals surface area (Å²) in [6, 6.07) is 15.9. The van der Waals surface area contributed by atoms with Crippen molar-refractivity contribution in [3.8, 4) is 5.69 Å². The minimum absolute atomic E-state index is 0.0939. The molecule has 0 N–H and O–H groups in total. The van der Waals surface area contributed by atoms with Gasteiger partial charge in [0.2, 0.25) is 0 Å². The third-order valence-corrected chi connectivity index (χ3v) is 4.13. The number of carbonyl (C=O) groups is 1. The van der Waals surface area contributed by atoms with Gasteiger partial charge in [-0.15, -0.1) is 0 Å². The van der Waals surface area contributed by atoms with Crippen molar-refractivity contribution in [2.45, 2.75) is 0 Å². The fourth-order valence-electron chi connectivity index (χ4n) is 2.31. The first kappa shape index (κ1) is 16.8. The molecule has 0 fully saturated rings. The monoisotopic (exact) mass is 375 g/mol. The van der Waals surface area contributed by atoms with Crippen LogP contribution in [0.4, 0.5) is 0 Å². The number of benzene rings is 2. The number of rotatable bonds is 4. The van der Waals surface area contributed by atoms with E-state index >= 15 is 0 Å². The van der Waals surface area contributed by atoms with E-state index in [1.807, 2.05) is 35.0 Å². The lowest BCUT2D eigenvalue weighted by Gasteiger charge is -2.08. The highest BCUT2D eigenvalue weighted by Gasteiger charge is 2.05. The van der Waals surface area contributed by atoms with Gasteiger partial charge < -0.3 is 4.57 Å². The molecule has 1 aromatic heterocycles. The Balaban J connectivity index is 1.87. The van der Waals surface area contributed by atoms with Crippen molar-refractivity contribution in [2.24, 2.45) is 0 Å². The normalized spacial score (nSPS) is 11.1. The van der Waals surface area contributed by atoms with Crippen molar-refractivity contribution in [1.29, 1.82) is 0 Å². The highest BCUT2D eigenvalue weighted by Crippen LogP contribution is 2.23. The fourth-order valence-corrected chi connectivity index (χ4v) is 2.96. The number of hydrogen-bond acceptors (Lipinski definition) is 1. The summed E-state index contributed by atoms with van der Waals surface area (Å²) >= 11 is 18.0. The maximum absolute atomic E-state index is 12.2. The fraction of sp³-hybridized carbons (Fsp3) is 0. The Bertz CT molecular complexity index is 890. The Kier molecular flexibility index (Phi) is 5.10. The molecule has 2 nitrogen and oxygen atoms in total. The molecule has 1 heterocycles. The van der Waals surface area contributed by atoms with E-state index < -0.39 is 0 Å². The molecule has 0 aliphatic rings. The molecule has 0 spiro atoms. The van der Waals surface area contributed by atoms with Gasteiger partial charge >= 0.3 is 0 Å². The summed E-state index contributed by atoms with van der Waals surface area (Å²) in [6.07, 6.45) is 5.17. The number of carbonyl (C=O) groups excluding carboxylic acids is 1. The van der Waals surface area contributed by atoms with Gasteiger partial charge in [-0.2, -0.15) is 0 Å². The molecule has 0 atom stereocenters. The topological polar surface area (TPSA) is 22.0 Å². The highest BCUT2D eigenvalue weighted by atomic mass is 35.5. The lowest BCUT2D eigenvalue weighted by atomic mass is 10.1. The second kappa shape index (κ2) is 7.27. The predicted molar refractivity (Wildman–Crippen MR) is 101 cm³/mol. The quantitative estimate of drug-likeness (QED) is 0.385. The van der Waals surface area contributed by atoms with Crippen LogP contribution in [0, 0.1) is 0 Å². The van der Waals surface area contributed by atoms with Crippen LogP contribution in [0.1, 0.15) is 16.1 Å². The highest BCUT2D eigenvalue weighted by molar-refractivity contribution is 6.34. The average molecular weight is 377 g/mol. The summed E-state index contributed by atoms with van der Waals surface area (Å²) in [5.41, 5.74) is 2.26. The summed E-state index contributed by atoms with van der Waals surface area (Å²) < 4.78 is 1.91. The summed E-state index contributed by atoms with van der Waals surface area (Å²) in [5, 5.41) is 1.71. The lowest BCUT2D eigenvalue weighted by Crippen LogP contribution is -1.97. The average Bonchev–Trinajstić information content (AvgIpc) is 3.01. The zero-order chi connectivity index (χ0) is 17.1. The van der Waals surface area contributed by atoms with Gasteiger partial charge in [0.25, 0.3) is 0 Å². The molecular formula is C19H12Cl3NO. The van der Waals surface area contributed by atoms with E-state index in [4.69, 9.17) is 34.8 Å². The second-order valence-electron chi connectivity index (χ2n) is 5.14. The summed E-state index contributed by atoms with van der Waals surface area (Å²) in [5.74, 6) is -0.0939. The molecular weight excluding hydrogens is 365 g/mol. The van der Waals surface area contributed by atoms with Crippen LogP contribution >= 0.6 is 34.8 Å². The van der Waals surface area contributed by atoms with E-state index in [1.54, 1.807) is 36.4 Å². The van der Waals surface area contributed by atoms with E-state index in [0.717, 1.165) is 11.4 Å². The molecule has 0 bridgehead atoms. The molecule has 2 aromatic carbocycles. The van der Waals surface area contributed by atoms with E-state index in [-0.39, 0.29) is 5.78 Å². The summed E-state index contributed by atoms with van der Waals surface area (Å²) in [4.78, 5) is 12.2. The van der Waals surface area contributed by atoms with Crippen LogP contribution < -0.4 is 0 Å². The van der Waals surface area contributed by atoms with Gasteiger partial charge in [0.05, 0.1) is 0 Å². The first-order chi connectivity index (χ1) is 11.5. The van der Waals surface area contributed by atoms with E-state index in [9.17, 15) is 4.79 Å². The van der Waals surface area contributed by atoms with Crippen molar-refractivity contribution in [3.63, 3.8) is 0 Å². The Hall–Kier alpha value is -2.00. The van der Waals surface area contributed by atoms with Gasteiger partial charge in [0.15, 0.2) is 5.78 Å². The van der Waals surface area contributed by atoms with Crippen LogP contribution in [-0.4, -0.2) is 10.4 Å².